The van der Waals surface area contributed by atoms with Crippen LogP contribution in [0.1, 0.15) is 30.1 Å². The molecule has 1 aromatic carbocycles. The molecule has 25 heavy (non-hydrogen) atoms. The number of hydrogen-bond acceptors (Lipinski definition) is 4. The zero-order chi connectivity index (χ0) is 18.0. The maximum Gasteiger partial charge on any atom is 0.409 e. The molecule has 2 heterocycles. The fraction of sp³-hybridized carbons (Fsp3) is 0.412. The molecule has 1 aromatic heterocycles. The second-order valence-electron chi connectivity index (χ2n) is 6.11. The number of nitrogens with zero attached hydrogens (tertiary/aromatic N) is 1. The number of benzene rings is 1. The van der Waals surface area contributed by atoms with Crippen molar-refractivity contribution < 1.29 is 22.8 Å². The number of carbonyl (C=O) groups is 1. The largest absolute Gasteiger partial charge is 0.453 e. The third-order valence-electron chi connectivity index (χ3n) is 4.53. The maximum absolute atomic E-state index is 13.5. The lowest BCUT2D eigenvalue weighted by Gasteiger charge is -2.38. The summed E-state index contributed by atoms with van der Waals surface area (Å²) < 4.78 is 36.6. The standard InChI is InChI=1S/C17H18F2N2O4/c1-24-17(23)21-5-4-11(15-9-16(22)20-25-15)8-12(21)6-10-2-3-13(18)14(19)7-10/h2-3,7,9,11-12H,4-6,8H2,1H3,(H,20,22)/t11-,12+/m1/s1. The van der Waals surface area contributed by atoms with Crippen LogP contribution in [0.15, 0.2) is 33.6 Å². The third-order valence-corrected chi connectivity index (χ3v) is 4.53. The van der Waals surface area contributed by atoms with Crippen molar-refractivity contribution >= 4 is 6.09 Å². The summed E-state index contributed by atoms with van der Waals surface area (Å²) in [5, 5.41) is 2.26. The smallest absolute Gasteiger partial charge is 0.409 e. The number of halogens is 2. The molecule has 6 nitrogen and oxygen atoms in total. The van der Waals surface area contributed by atoms with Crippen LogP contribution in [0.2, 0.25) is 0 Å². The molecule has 2 aromatic rings. The van der Waals surface area contributed by atoms with Crippen LogP contribution < -0.4 is 5.56 Å². The minimum absolute atomic E-state index is 0.0462. The van der Waals surface area contributed by atoms with Crippen LogP contribution in [0, 0.1) is 11.6 Å². The van der Waals surface area contributed by atoms with Crippen LogP contribution in [0.5, 0.6) is 0 Å². The highest BCUT2D eigenvalue weighted by Crippen LogP contribution is 2.33. The summed E-state index contributed by atoms with van der Waals surface area (Å²) in [5.74, 6) is -1.35. The normalized spacial score (nSPS) is 20.5. The highest BCUT2D eigenvalue weighted by Gasteiger charge is 2.34. The lowest BCUT2D eigenvalue weighted by atomic mass is 9.86. The molecule has 0 unspecified atom stereocenters. The van der Waals surface area contributed by atoms with Crippen molar-refractivity contribution in [1.29, 1.82) is 0 Å². The van der Waals surface area contributed by atoms with Crippen molar-refractivity contribution in [2.75, 3.05) is 13.7 Å². The first kappa shape index (κ1) is 17.2. The molecule has 1 amide bonds. The average Bonchev–Trinajstić information content (AvgIpc) is 3.04. The van der Waals surface area contributed by atoms with Gasteiger partial charge >= 0.3 is 6.09 Å². The van der Waals surface area contributed by atoms with Gasteiger partial charge < -0.3 is 14.2 Å². The van der Waals surface area contributed by atoms with Gasteiger partial charge in [-0.2, -0.15) is 5.16 Å². The van der Waals surface area contributed by atoms with Crippen molar-refractivity contribution in [1.82, 2.24) is 10.1 Å². The van der Waals surface area contributed by atoms with Crippen molar-refractivity contribution in [3.05, 3.63) is 57.6 Å². The third kappa shape index (κ3) is 3.72. The molecule has 1 saturated heterocycles. The van der Waals surface area contributed by atoms with Gasteiger partial charge in [-0.05, 0) is 37.0 Å². The van der Waals surface area contributed by atoms with E-state index in [0.29, 0.717) is 37.1 Å². The van der Waals surface area contributed by atoms with Crippen LogP contribution in [0.4, 0.5) is 13.6 Å². The van der Waals surface area contributed by atoms with Crippen molar-refractivity contribution in [3.8, 4) is 0 Å². The van der Waals surface area contributed by atoms with Gasteiger partial charge in [-0.3, -0.25) is 4.79 Å². The predicted octanol–water partition coefficient (Wildman–Crippen LogP) is 2.80. The summed E-state index contributed by atoms with van der Waals surface area (Å²) in [6.45, 7) is 0.417. The first-order chi connectivity index (χ1) is 12.0. The van der Waals surface area contributed by atoms with E-state index in [-0.39, 0.29) is 17.5 Å². The Labute approximate surface area is 142 Å². The van der Waals surface area contributed by atoms with Gasteiger partial charge in [0.2, 0.25) is 0 Å². The van der Waals surface area contributed by atoms with E-state index in [1.165, 1.54) is 19.2 Å². The Morgan fingerprint density at radius 1 is 1.36 bits per heavy atom. The number of amides is 1. The highest BCUT2D eigenvalue weighted by atomic mass is 19.2. The summed E-state index contributed by atoms with van der Waals surface area (Å²) in [5.41, 5.74) is 0.261. The molecule has 1 N–H and O–H groups in total. The number of aromatic nitrogens is 1. The Kier molecular flexibility index (Phi) is 4.87. The van der Waals surface area contributed by atoms with E-state index in [1.54, 1.807) is 4.90 Å². The quantitative estimate of drug-likeness (QED) is 0.922. The van der Waals surface area contributed by atoms with Crippen molar-refractivity contribution in [2.24, 2.45) is 0 Å². The van der Waals surface area contributed by atoms with Gasteiger partial charge in [-0.1, -0.05) is 6.07 Å². The zero-order valence-corrected chi connectivity index (χ0v) is 13.6. The molecule has 1 aliphatic heterocycles. The number of likely N-dealkylation sites (tertiary alicyclic amines) is 1. The summed E-state index contributed by atoms with van der Waals surface area (Å²) in [4.78, 5) is 24.9. The molecule has 134 valence electrons. The van der Waals surface area contributed by atoms with Crippen LogP contribution in [-0.4, -0.2) is 35.8 Å². The van der Waals surface area contributed by atoms with Crippen LogP contribution in [0.3, 0.4) is 0 Å². The second-order valence-corrected chi connectivity index (χ2v) is 6.11. The molecule has 8 heteroatoms. The Bertz CT molecular complexity index is 817. The first-order valence-electron chi connectivity index (χ1n) is 7.95. The number of piperidine rings is 1. The molecule has 1 fully saturated rings. The molecule has 1 aliphatic rings. The SMILES string of the molecule is COC(=O)N1CC[C@@H](c2cc(=O)[nH]o2)C[C@@H]1Cc1ccc(F)c(F)c1. The number of methoxy groups -OCH3 is 1. The minimum atomic E-state index is -0.925. The fourth-order valence-corrected chi connectivity index (χ4v) is 3.30. The highest BCUT2D eigenvalue weighted by molar-refractivity contribution is 5.68. The predicted molar refractivity (Wildman–Crippen MR) is 84.3 cm³/mol. The summed E-state index contributed by atoms with van der Waals surface area (Å²) in [6, 6.07) is 4.81. The number of carbonyl (C=O) groups excluding carboxylic acids is 1. The summed E-state index contributed by atoms with van der Waals surface area (Å²) >= 11 is 0. The van der Waals surface area contributed by atoms with Crippen LogP contribution in [0.25, 0.3) is 0 Å². The number of rotatable bonds is 3. The molecule has 0 radical (unpaired) electrons. The molecule has 3 rings (SSSR count). The molecule has 0 bridgehead atoms. The van der Waals surface area contributed by atoms with Gasteiger partial charge in [-0.15, -0.1) is 0 Å². The summed E-state index contributed by atoms with van der Waals surface area (Å²) in [7, 11) is 1.30. The van der Waals surface area contributed by atoms with Crippen LogP contribution >= 0.6 is 0 Å². The molecule has 0 aliphatic carbocycles. The van der Waals surface area contributed by atoms with Crippen LogP contribution in [-0.2, 0) is 11.2 Å². The summed E-state index contributed by atoms with van der Waals surface area (Å²) in [6.07, 6.45) is 1.01. The minimum Gasteiger partial charge on any atom is -0.453 e. The topological polar surface area (TPSA) is 75.5 Å². The van der Waals surface area contributed by atoms with Gasteiger partial charge in [0.1, 0.15) is 5.76 Å². The lowest BCUT2D eigenvalue weighted by Crippen LogP contribution is -2.46. The Hall–Kier alpha value is -2.64. The fourth-order valence-electron chi connectivity index (χ4n) is 3.30. The van der Waals surface area contributed by atoms with Gasteiger partial charge in [0.05, 0.1) is 7.11 Å². The van der Waals surface area contributed by atoms with Gasteiger partial charge in [0, 0.05) is 24.6 Å². The van der Waals surface area contributed by atoms with E-state index in [2.05, 4.69) is 5.16 Å². The van der Waals surface area contributed by atoms with Crippen molar-refractivity contribution in [2.45, 2.75) is 31.2 Å². The number of aromatic amines is 1. The van der Waals surface area contributed by atoms with Crippen molar-refractivity contribution in [3.63, 3.8) is 0 Å². The van der Waals surface area contributed by atoms with E-state index in [1.807, 2.05) is 0 Å². The Morgan fingerprint density at radius 3 is 2.80 bits per heavy atom. The van der Waals surface area contributed by atoms with E-state index >= 15 is 0 Å². The molecule has 0 spiro atoms. The Morgan fingerprint density at radius 2 is 2.16 bits per heavy atom. The van der Waals surface area contributed by atoms with Gasteiger partial charge in [-0.25, -0.2) is 13.6 Å². The monoisotopic (exact) mass is 352 g/mol. The average molecular weight is 352 g/mol. The molecule has 2 atom stereocenters. The van der Waals surface area contributed by atoms with Gasteiger partial charge in [0.25, 0.3) is 5.56 Å². The zero-order valence-electron chi connectivity index (χ0n) is 13.6. The number of H-pyrrole nitrogens is 1. The van der Waals surface area contributed by atoms with Gasteiger partial charge in [0.15, 0.2) is 11.6 Å². The molecular weight excluding hydrogens is 334 g/mol. The van der Waals surface area contributed by atoms with E-state index in [9.17, 15) is 18.4 Å². The first-order valence-corrected chi connectivity index (χ1v) is 7.95. The number of nitrogens with one attached hydrogen (secondary N) is 1. The van der Waals surface area contributed by atoms with E-state index in [4.69, 9.17) is 9.26 Å². The Balaban J connectivity index is 1.82. The number of hydrogen-bond donors (Lipinski definition) is 1. The second kappa shape index (κ2) is 7.08. The number of ether oxygens (including phenoxy) is 1. The molecular formula is C17H18F2N2O4. The molecule has 0 saturated carbocycles. The van der Waals surface area contributed by atoms with E-state index < -0.39 is 17.7 Å². The maximum atomic E-state index is 13.5. The van der Waals surface area contributed by atoms with E-state index in [0.717, 1.165) is 12.1 Å². The lowest BCUT2D eigenvalue weighted by molar-refractivity contribution is 0.0816.